The second-order valence-corrected chi connectivity index (χ2v) is 5.19. The topological polar surface area (TPSA) is 66.0 Å². The molecule has 0 amide bonds. The number of ether oxygens (including phenoxy) is 1. The Morgan fingerprint density at radius 2 is 2.11 bits per heavy atom. The highest BCUT2D eigenvalue weighted by Gasteiger charge is 2.12. The number of nitrogens with two attached hydrogens (primary N) is 1. The minimum Gasteiger partial charge on any atom is -0.497 e. The molecule has 2 rings (SSSR count). The first-order chi connectivity index (χ1) is 9.11. The number of benzene rings is 1. The molecule has 7 heteroatoms. The number of nitrogens with zero attached hydrogens (tertiary/aromatic N) is 3. The van der Waals surface area contributed by atoms with Crippen molar-refractivity contribution in [2.45, 2.75) is 5.16 Å². The molecule has 0 aliphatic heterocycles. The van der Waals surface area contributed by atoms with Gasteiger partial charge in [-0.15, -0.1) is 10.2 Å². The fourth-order valence-electron chi connectivity index (χ4n) is 1.46. The molecule has 0 atom stereocenters. The van der Waals surface area contributed by atoms with E-state index >= 15 is 0 Å². The Bertz CT molecular complexity index is 582. The normalized spacial score (nSPS) is 10.4. The van der Waals surface area contributed by atoms with Gasteiger partial charge < -0.3 is 10.6 Å². The second-order valence-electron chi connectivity index (χ2n) is 3.71. The Morgan fingerprint density at radius 3 is 2.68 bits per heavy atom. The Balaban J connectivity index is 2.22. The average Bonchev–Trinajstić information content (AvgIpc) is 2.78. The zero-order chi connectivity index (χ0) is 13.8. The molecule has 0 unspecified atom stereocenters. The molecule has 1 aromatic carbocycles. The summed E-state index contributed by atoms with van der Waals surface area (Å²) in [5.41, 5.74) is 0.868. The van der Waals surface area contributed by atoms with Gasteiger partial charge in [-0.2, -0.15) is 0 Å². The van der Waals surface area contributed by atoms with Gasteiger partial charge in [0.15, 0.2) is 5.82 Å². The third-order valence-electron chi connectivity index (χ3n) is 2.37. The van der Waals surface area contributed by atoms with Crippen LogP contribution < -0.4 is 10.6 Å². The monoisotopic (exact) mass is 296 g/mol. The van der Waals surface area contributed by atoms with Crippen LogP contribution in [0.2, 0.25) is 0 Å². The van der Waals surface area contributed by atoms with Gasteiger partial charge in [0.25, 0.3) is 0 Å². The minimum absolute atomic E-state index is 0.541. The largest absolute Gasteiger partial charge is 0.497 e. The lowest BCUT2D eigenvalue weighted by Gasteiger charge is -2.04. The van der Waals surface area contributed by atoms with Crippen molar-refractivity contribution in [3.05, 3.63) is 35.9 Å². The molecule has 0 radical (unpaired) electrons. The van der Waals surface area contributed by atoms with Crippen molar-refractivity contribution in [1.29, 1.82) is 0 Å². The van der Waals surface area contributed by atoms with Crippen molar-refractivity contribution in [3.8, 4) is 17.1 Å². The maximum absolute atomic E-state index is 5.96. The van der Waals surface area contributed by atoms with Crippen LogP contribution in [0.4, 0.5) is 0 Å². The van der Waals surface area contributed by atoms with Crippen LogP contribution in [0.15, 0.2) is 41.0 Å². The number of halogens is 1. The molecular weight excluding hydrogens is 284 g/mol. The molecule has 1 aromatic heterocycles. The molecule has 0 saturated carbocycles. The zero-order valence-corrected chi connectivity index (χ0v) is 11.9. The van der Waals surface area contributed by atoms with Crippen molar-refractivity contribution >= 4 is 23.4 Å². The van der Waals surface area contributed by atoms with E-state index in [4.69, 9.17) is 22.2 Å². The van der Waals surface area contributed by atoms with E-state index in [2.05, 4.69) is 16.8 Å². The summed E-state index contributed by atoms with van der Waals surface area (Å²) in [6, 6.07) is 7.44. The number of thioether (sulfide) groups is 1. The number of hydrogen-bond acceptors (Lipinski definition) is 5. The Morgan fingerprint density at radius 1 is 1.42 bits per heavy atom. The molecular formula is C12H13ClN4OS. The van der Waals surface area contributed by atoms with E-state index < -0.39 is 0 Å². The fraction of sp³-hybridized carbons (Fsp3) is 0.167. The molecule has 100 valence electrons. The first-order valence-electron chi connectivity index (χ1n) is 5.43. The Kier molecular flexibility index (Phi) is 4.34. The average molecular weight is 297 g/mol. The summed E-state index contributed by atoms with van der Waals surface area (Å²) >= 11 is 7.10. The van der Waals surface area contributed by atoms with Crippen molar-refractivity contribution in [1.82, 2.24) is 14.9 Å². The standard InChI is InChI=1S/C12H13ClN4OS/c1-8(13)7-19-12-16-15-11(17(12)14)9-3-5-10(18-2)6-4-9/h3-6H,1,7,14H2,2H3. The van der Waals surface area contributed by atoms with E-state index in [1.54, 1.807) is 7.11 Å². The maximum atomic E-state index is 5.96. The van der Waals surface area contributed by atoms with E-state index in [0.717, 1.165) is 11.3 Å². The lowest BCUT2D eigenvalue weighted by atomic mass is 10.2. The summed E-state index contributed by atoms with van der Waals surface area (Å²) in [5.74, 6) is 7.87. The van der Waals surface area contributed by atoms with Gasteiger partial charge in [-0.05, 0) is 24.3 Å². The van der Waals surface area contributed by atoms with E-state index in [-0.39, 0.29) is 0 Å². The van der Waals surface area contributed by atoms with Crippen LogP contribution in [-0.2, 0) is 0 Å². The first-order valence-corrected chi connectivity index (χ1v) is 6.79. The quantitative estimate of drug-likeness (QED) is 0.678. The Hall–Kier alpha value is -1.66. The number of rotatable bonds is 5. The molecule has 19 heavy (non-hydrogen) atoms. The van der Waals surface area contributed by atoms with Crippen LogP contribution in [0.3, 0.4) is 0 Å². The number of aromatic nitrogens is 3. The zero-order valence-electron chi connectivity index (χ0n) is 10.3. The first kappa shape index (κ1) is 13.8. The molecule has 0 bridgehead atoms. The second kappa shape index (κ2) is 5.99. The van der Waals surface area contributed by atoms with Crippen LogP contribution in [0, 0.1) is 0 Å². The third-order valence-corrected chi connectivity index (χ3v) is 3.69. The van der Waals surface area contributed by atoms with Gasteiger partial charge in [-0.3, -0.25) is 0 Å². The molecule has 0 aliphatic carbocycles. The molecule has 5 nitrogen and oxygen atoms in total. The van der Waals surface area contributed by atoms with Crippen molar-refractivity contribution in [3.63, 3.8) is 0 Å². The highest BCUT2D eigenvalue weighted by atomic mass is 35.5. The minimum atomic E-state index is 0.541. The van der Waals surface area contributed by atoms with Gasteiger partial charge in [0, 0.05) is 16.3 Å². The Labute approximate surface area is 120 Å². The highest BCUT2D eigenvalue weighted by Crippen LogP contribution is 2.24. The summed E-state index contributed by atoms with van der Waals surface area (Å²) < 4.78 is 6.54. The predicted octanol–water partition coefficient (Wildman–Crippen LogP) is 2.51. The van der Waals surface area contributed by atoms with Crippen LogP contribution in [0.5, 0.6) is 5.75 Å². The summed E-state index contributed by atoms with van der Waals surface area (Å²) in [4.78, 5) is 0. The number of hydrogen-bond donors (Lipinski definition) is 1. The van der Waals surface area contributed by atoms with Crippen molar-refractivity contribution in [2.75, 3.05) is 18.7 Å². The molecule has 1 heterocycles. The molecule has 2 aromatic rings. The molecule has 0 aliphatic rings. The predicted molar refractivity (Wildman–Crippen MR) is 77.9 cm³/mol. The maximum Gasteiger partial charge on any atom is 0.210 e. The smallest absolute Gasteiger partial charge is 0.210 e. The van der Waals surface area contributed by atoms with Gasteiger partial charge in [0.2, 0.25) is 5.16 Å². The van der Waals surface area contributed by atoms with Crippen LogP contribution in [0.1, 0.15) is 0 Å². The van der Waals surface area contributed by atoms with E-state index in [9.17, 15) is 0 Å². The van der Waals surface area contributed by atoms with Gasteiger partial charge in [-0.1, -0.05) is 29.9 Å². The lowest BCUT2D eigenvalue weighted by molar-refractivity contribution is 0.415. The van der Waals surface area contributed by atoms with Crippen molar-refractivity contribution < 1.29 is 4.74 Å². The van der Waals surface area contributed by atoms with Crippen LogP contribution in [0.25, 0.3) is 11.4 Å². The van der Waals surface area contributed by atoms with Gasteiger partial charge in [0.1, 0.15) is 5.75 Å². The van der Waals surface area contributed by atoms with Gasteiger partial charge >= 0.3 is 0 Å². The molecule has 2 N–H and O–H groups in total. The summed E-state index contributed by atoms with van der Waals surface area (Å²) in [7, 11) is 1.62. The third kappa shape index (κ3) is 3.21. The van der Waals surface area contributed by atoms with E-state index in [0.29, 0.717) is 21.8 Å². The van der Waals surface area contributed by atoms with Gasteiger partial charge in [0.05, 0.1) is 7.11 Å². The van der Waals surface area contributed by atoms with Crippen LogP contribution in [-0.4, -0.2) is 27.7 Å². The SMILES string of the molecule is C=C(Cl)CSc1nnc(-c2ccc(OC)cc2)n1N. The molecule has 0 spiro atoms. The lowest BCUT2D eigenvalue weighted by Crippen LogP contribution is -2.11. The molecule has 0 saturated heterocycles. The van der Waals surface area contributed by atoms with Crippen LogP contribution >= 0.6 is 23.4 Å². The summed E-state index contributed by atoms with van der Waals surface area (Å²) in [6.07, 6.45) is 0. The highest BCUT2D eigenvalue weighted by molar-refractivity contribution is 7.99. The van der Waals surface area contributed by atoms with E-state index in [1.807, 2.05) is 24.3 Å². The number of methoxy groups -OCH3 is 1. The fourth-order valence-corrected chi connectivity index (χ4v) is 2.23. The molecule has 0 fully saturated rings. The van der Waals surface area contributed by atoms with E-state index in [1.165, 1.54) is 16.4 Å². The van der Waals surface area contributed by atoms with Gasteiger partial charge in [-0.25, -0.2) is 4.68 Å². The summed E-state index contributed by atoms with van der Waals surface area (Å²) in [6.45, 7) is 3.62. The van der Waals surface area contributed by atoms with Crippen molar-refractivity contribution in [2.24, 2.45) is 0 Å². The summed E-state index contributed by atoms with van der Waals surface area (Å²) in [5, 5.41) is 9.23. The number of nitrogen functional groups attached to an aromatic ring is 1.